The van der Waals surface area contributed by atoms with E-state index in [9.17, 15) is 14.4 Å². The number of amides is 3. The Morgan fingerprint density at radius 2 is 1.93 bits per heavy atom. The molecule has 0 saturated carbocycles. The molecule has 3 amide bonds. The van der Waals surface area contributed by atoms with Gasteiger partial charge in [0.1, 0.15) is 11.3 Å². The average Bonchev–Trinajstić information content (AvgIpc) is 2.61. The number of alkyl carbamates (subject to hydrolysis) is 1. The van der Waals surface area contributed by atoms with Crippen LogP contribution in [0.3, 0.4) is 0 Å². The van der Waals surface area contributed by atoms with Crippen LogP contribution in [-0.4, -0.2) is 64.1 Å². The Labute approximate surface area is 158 Å². The van der Waals surface area contributed by atoms with E-state index < -0.39 is 11.7 Å². The molecule has 9 nitrogen and oxygen atoms in total. The van der Waals surface area contributed by atoms with E-state index in [0.29, 0.717) is 25.9 Å². The van der Waals surface area contributed by atoms with Crippen LogP contribution in [0.4, 0.5) is 4.79 Å². The molecule has 0 bridgehead atoms. The van der Waals surface area contributed by atoms with E-state index in [4.69, 9.17) is 4.74 Å². The zero-order valence-electron chi connectivity index (χ0n) is 16.0. The van der Waals surface area contributed by atoms with Crippen molar-refractivity contribution in [2.75, 3.05) is 19.6 Å². The van der Waals surface area contributed by atoms with Crippen molar-refractivity contribution in [1.82, 2.24) is 25.5 Å². The van der Waals surface area contributed by atoms with E-state index in [-0.39, 0.29) is 36.5 Å². The van der Waals surface area contributed by atoms with Crippen LogP contribution in [0.2, 0.25) is 0 Å². The Bertz CT molecular complexity index is 651. The lowest BCUT2D eigenvalue weighted by molar-refractivity contribution is -0.132. The molecule has 27 heavy (non-hydrogen) atoms. The van der Waals surface area contributed by atoms with Gasteiger partial charge in [0.05, 0.1) is 6.20 Å². The molecule has 1 aliphatic heterocycles. The van der Waals surface area contributed by atoms with Gasteiger partial charge in [0.2, 0.25) is 5.91 Å². The Morgan fingerprint density at radius 1 is 1.22 bits per heavy atom. The van der Waals surface area contributed by atoms with Crippen LogP contribution in [0.25, 0.3) is 0 Å². The number of carbonyl (C=O) groups excluding carboxylic acids is 3. The normalized spacial score (nSPS) is 15.1. The lowest BCUT2D eigenvalue weighted by atomic mass is 10.0. The van der Waals surface area contributed by atoms with E-state index in [0.717, 1.165) is 0 Å². The monoisotopic (exact) mass is 377 g/mol. The first-order valence-corrected chi connectivity index (χ1v) is 9.06. The summed E-state index contributed by atoms with van der Waals surface area (Å²) in [4.78, 5) is 45.5. The third-order valence-corrected chi connectivity index (χ3v) is 3.99. The van der Waals surface area contributed by atoms with E-state index in [2.05, 4.69) is 20.6 Å². The molecule has 1 aromatic heterocycles. The highest BCUT2D eigenvalue weighted by Crippen LogP contribution is 2.12. The summed E-state index contributed by atoms with van der Waals surface area (Å²) in [7, 11) is 0. The number of rotatable bonds is 5. The van der Waals surface area contributed by atoms with E-state index >= 15 is 0 Å². The SMILES string of the molecule is CC(C)(C)OC(=O)NCCC(=O)N1CCC(NC(=O)c2cnccn2)CC1. The summed E-state index contributed by atoms with van der Waals surface area (Å²) >= 11 is 0. The number of hydrogen-bond acceptors (Lipinski definition) is 6. The van der Waals surface area contributed by atoms with Gasteiger partial charge in [-0.3, -0.25) is 14.6 Å². The molecule has 2 heterocycles. The van der Waals surface area contributed by atoms with E-state index in [1.807, 2.05) is 0 Å². The molecule has 0 aromatic carbocycles. The van der Waals surface area contributed by atoms with Crippen molar-refractivity contribution in [3.05, 3.63) is 24.3 Å². The largest absolute Gasteiger partial charge is 0.444 e. The fourth-order valence-corrected chi connectivity index (χ4v) is 2.69. The number of ether oxygens (including phenoxy) is 1. The summed E-state index contributed by atoms with van der Waals surface area (Å²) in [5.41, 5.74) is -0.282. The molecule has 0 atom stereocenters. The molecule has 0 unspecified atom stereocenters. The first-order valence-electron chi connectivity index (χ1n) is 9.06. The molecule has 0 radical (unpaired) electrons. The lowest BCUT2D eigenvalue weighted by Gasteiger charge is -2.32. The predicted octanol–water partition coefficient (Wildman–Crippen LogP) is 1.11. The predicted molar refractivity (Wildman–Crippen MR) is 98.0 cm³/mol. The van der Waals surface area contributed by atoms with Crippen LogP contribution in [-0.2, 0) is 9.53 Å². The van der Waals surface area contributed by atoms with Crippen LogP contribution in [0.5, 0.6) is 0 Å². The standard InChI is InChI=1S/C18H27N5O4/c1-18(2,3)27-17(26)21-7-4-15(24)23-10-5-13(6-11-23)22-16(25)14-12-19-8-9-20-14/h8-9,12-13H,4-7,10-11H2,1-3H3,(H,21,26)(H,22,25). The molecule has 148 valence electrons. The van der Waals surface area contributed by atoms with Gasteiger partial charge in [-0.25, -0.2) is 9.78 Å². The van der Waals surface area contributed by atoms with Crippen LogP contribution in [0, 0.1) is 0 Å². The van der Waals surface area contributed by atoms with Crippen molar-refractivity contribution >= 4 is 17.9 Å². The van der Waals surface area contributed by atoms with Gasteiger partial charge in [0.15, 0.2) is 0 Å². The molecular formula is C18H27N5O4. The maximum Gasteiger partial charge on any atom is 0.407 e. The molecule has 0 aliphatic carbocycles. The second kappa shape index (κ2) is 9.29. The third-order valence-electron chi connectivity index (χ3n) is 3.99. The van der Waals surface area contributed by atoms with Crippen molar-refractivity contribution in [3.63, 3.8) is 0 Å². The minimum atomic E-state index is -0.564. The number of nitrogens with zero attached hydrogens (tertiary/aromatic N) is 3. The second-order valence-electron chi connectivity index (χ2n) is 7.40. The Balaban J connectivity index is 1.67. The van der Waals surface area contributed by atoms with Crippen molar-refractivity contribution in [2.24, 2.45) is 0 Å². The van der Waals surface area contributed by atoms with Gasteiger partial charge in [-0.1, -0.05) is 0 Å². The number of hydrogen-bond donors (Lipinski definition) is 2. The van der Waals surface area contributed by atoms with Crippen LogP contribution >= 0.6 is 0 Å². The Morgan fingerprint density at radius 3 is 2.52 bits per heavy atom. The molecule has 0 spiro atoms. The molecule has 1 aromatic rings. The van der Waals surface area contributed by atoms with Crippen molar-refractivity contribution in [1.29, 1.82) is 0 Å². The second-order valence-corrected chi connectivity index (χ2v) is 7.40. The highest BCUT2D eigenvalue weighted by Gasteiger charge is 2.24. The smallest absolute Gasteiger partial charge is 0.407 e. The van der Waals surface area contributed by atoms with Crippen LogP contribution < -0.4 is 10.6 Å². The van der Waals surface area contributed by atoms with Gasteiger partial charge >= 0.3 is 6.09 Å². The topological polar surface area (TPSA) is 114 Å². The van der Waals surface area contributed by atoms with E-state index in [1.165, 1.54) is 18.6 Å². The molecule has 9 heteroatoms. The summed E-state index contributed by atoms with van der Waals surface area (Å²) in [5, 5.41) is 5.51. The highest BCUT2D eigenvalue weighted by atomic mass is 16.6. The van der Waals surface area contributed by atoms with Gasteiger partial charge in [-0.15, -0.1) is 0 Å². The van der Waals surface area contributed by atoms with Gasteiger partial charge in [0.25, 0.3) is 5.91 Å². The quantitative estimate of drug-likeness (QED) is 0.795. The van der Waals surface area contributed by atoms with Gasteiger partial charge < -0.3 is 20.3 Å². The molecule has 1 saturated heterocycles. The zero-order chi connectivity index (χ0) is 19.9. The fraction of sp³-hybridized carbons (Fsp3) is 0.611. The fourth-order valence-electron chi connectivity index (χ4n) is 2.69. The van der Waals surface area contributed by atoms with Crippen LogP contribution in [0.1, 0.15) is 50.5 Å². The molecule has 2 rings (SSSR count). The summed E-state index contributed by atoms with van der Waals surface area (Å²) in [6, 6.07) is 0.00319. The van der Waals surface area contributed by atoms with E-state index in [1.54, 1.807) is 25.7 Å². The minimum Gasteiger partial charge on any atom is -0.444 e. The molecular weight excluding hydrogens is 350 g/mol. The van der Waals surface area contributed by atoms with Crippen molar-refractivity contribution in [2.45, 2.75) is 51.7 Å². The van der Waals surface area contributed by atoms with Crippen LogP contribution in [0.15, 0.2) is 18.6 Å². The number of aromatic nitrogens is 2. The maximum atomic E-state index is 12.2. The molecule has 2 N–H and O–H groups in total. The average molecular weight is 377 g/mol. The van der Waals surface area contributed by atoms with Gasteiger partial charge in [-0.05, 0) is 33.6 Å². The summed E-state index contributed by atoms with van der Waals surface area (Å²) in [5.74, 6) is -0.279. The number of nitrogens with one attached hydrogen (secondary N) is 2. The number of carbonyl (C=O) groups is 3. The van der Waals surface area contributed by atoms with Gasteiger partial charge in [-0.2, -0.15) is 0 Å². The first kappa shape index (κ1) is 20.6. The number of likely N-dealkylation sites (tertiary alicyclic amines) is 1. The minimum absolute atomic E-state index is 0.00319. The Kier molecular flexibility index (Phi) is 7.09. The summed E-state index contributed by atoms with van der Waals surface area (Å²) in [6.07, 6.45) is 5.46. The van der Waals surface area contributed by atoms with Crippen molar-refractivity contribution < 1.29 is 19.1 Å². The molecule has 1 fully saturated rings. The third kappa shape index (κ3) is 7.20. The lowest BCUT2D eigenvalue weighted by Crippen LogP contribution is -2.47. The van der Waals surface area contributed by atoms with Crippen molar-refractivity contribution in [3.8, 4) is 0 Å². The highest BCUT2D eigenvalue weighted by molar-refractivity contribution is 5.92. The Hall–Kier alpha value is -2.71. The summed E-state index contributed by atoms with van der Waals surface area (Å²) in [6.45, 7) is 6.71. The molecule has 1 aliphatic rings. The number of piperidine rings is 1. The maximum absolute atomic E-state index is 12.2. The summed E-state index contributed by atoms with van der Waals surface area (Å²) < 4.78 is 5.13. The first-order chi connectivity index (χ1) is 12.7. The van der Waals surface area contributed by atoms with Gasteiger partial charge in [0, 0.05) is 44.5 Å². The zero-order valence-corrected chi connectivity index (χ0v) is 16.0.